The van der Waals surface area contributed by atoms with Crippen LogP contribution in [0.2, 0.25) is 10.0 Å². The molecule has 3 rings (SSSR count). The monoisotopic (exact) mass is 320 g/mol. The Morgan fingerprint density at radius 1 is 1.05 bits per heavy atom. The summed E-state index contributed by atoms with van der Waals surface area (Å²) < 4.78 is 0. The van der Waals surface area contributed by atoms with E-state index in [1.165, 1.54) is 11.1 Å². The smallest absolute Gasteiger partial charge is 0.0624 e. The summed E-state index contributed by atoms with van der Waals surface area (Å²) in [6.45, 7) is 0. The lowest BCUT2D eigenvalue weighted by molar-refractivity contribution is 0.367. The molecule has 1 aliphatic rings. The minimum atomic E-state index is 0.188. The van der Waals surface area contributed by atoms with Crippen LogP contribution in [0.4, 0.5) is 0 Å². The molecule has 0 heterocycles. The highest BCUT2D eigenvalue weighted by Gasteiger charge is 2.28. The van der Waals surface area contributed by atoms with Crippen LogP contribution >= 0.6 is 23.2 Å². The van der Waals surface area contributed by atoms with Crippen LogP contribution in [-0.4, -0.2) is 6.04 Å². The Labute approximate surface area is 135 Å². The molecule has 0 bridgehead atoms. The molecule has 0 radical (unpaired) electrons. The molecule has 1 aliphatic carbocycles. The molecule has 0 spiro atoms. The number of nitrogens with one attached hydrogen (secondary N) is 1. The fraction of sp³-hybridized carbons (Fsp3) is 0.294. The molecule has 2 aromatic carbocycles. The van der Waals surface area contributed by atoms with Crippen molar-refractivity contribution in [1.29, 1.82) is 0 Å². The standard InChI is InChI=1S/C17H18Cl2N2/c18-15-7-3-6-13(17(15)19)10-16(21-20)14-8-11-4-1-2-5-12(11)9-14/h1-7,14,16,21H,8-10,20H2. The van der Waals surface area contributed by atoms with E-state index in [4.69, 9.17) is 29.0 Å². The van der Waals surface area contributed by atoms with Crippen molar-refractivity contribution in [3.63, 3.8) is 0 Å². The number of nitrogens with two attached hydrogens (primary N) is 1. The maximum atomic E-state index is 6.29. The summed E-state index contributed by atoms with van der Waals surface area (Å²) in [7, 11) is 0. The van der Waals surface area contributed by atoms with E-state index in [0.29, 0.717) is 16.0 Å². The minimum Gasteiger partial charge on any atom is -0.271 e. The van der Waals surface area contributed by atoms with E-state index in [-0.39, 0.29) is 6.04 Å². The predicted molar refractivity (Wildman–Crippen MR) is 88.6 cm³/mol. The fourth-order valence-electron chi connectivity index (χ4n) is 3.18. The van der Waals surface area contributed by atoms with Crippen LogP contribution in [0, 0.1) is 5.92 Å². The van der Waals surface area contributed by atoms with Crippen molar-refractivity contribution >= 4 is 23.2 Å². The third-order valence-electron chi connectivity index (χ3n) is 4.34. The molecule has 0 amide bonds. The summed E-state index contributed by atoms with van der Waals surface area (Å²) in [6.07, 6.45) is 2.90. The summed E-state index contributed by atoms with van der Waals surface area (Å²) in [5.74, 6) is 6.29. The molecule has 1 unspecified atom stereocenters. The molecule has 0 aliphatic heterocycles. The summed E-state index contributed by atoms with van der Waals surface area (Å²) in [5.41, 5.74) is 6.88. The van der Waals surface area contributed by atoms with Gasteiger partial charge in [0.1, 0.15) is 0 Å². The SMILES string of the molecule is NNC(Cc1cccc(Cl)c1Cl)C1Cc2ccccc2C1. The molecule has 0 fully saturated rings. The predicted octanol–water partition coefficient (Wildman–Crippen LogP) is 3.78. The Morgan fingerprint density at radius 2 is 1.71 bits per heavy atom. The van der Waals surface area contributed by atoms with Gasteiger partial charge in [-0.3, -0.25) is 11.3 Å². The van der Waals surface area contributed by atoms with E-state index in [0.717, 1.165) is 24.8 Å². The minimum absolute atomic E-state index is 0.188. The number of halogens is 2. The molecule has 2 aromatic rings. The Kier molecular flexibility index (Phi) is 4.51. The van der Waals surface area contributed by atoms with Crippen LogP contribution in [0.15, 0.2) is 42.5 Å². The van der Waals surface area contributed by atoms with Crippen LogP contribution in [-0.2, 0) is 19.3 Å². The average molecular weight is 321 g/mol. The van der Waals surface area contributed by atoms with Crippen molar-refractivity contribution in [2.45, 2.75) is 25.3 Å². The lowest BCUT2D eigenvalue weighted by Crippen LogP contribution is -2.43. The zero-order valence-corrected chi connectivity index (χ0v) is 13.2. The number of hydrogen-bond donors (Lipinski definition) is 2. The fourth-order valence-corrected chi connectivity index (χ4v) is 3.58. The summed E-state index contributed by atoms with van der Waals surface area (Å²) >= 11 is 12.4. The largest absolute Gasteiger partial charge is 0.271 e. The van der Waals surface area contributed by atoms with E-state index in [1.807, 2.05) is 18.2 Å². The molecular weight excluding hydrogens is 303 g/mol. The number of hydrogen-bond acceptors (Lipinski definition) is 2. The van der Waals surface area contributed by atoms with Gasteiger partial charge in [-0.25, -0.2) is 0 Å². The normalized spacial score (nSPS) is 16.0. The number of benzene rings is 2. The van der Waals surface area contributed by atoms with Gasteiger partial charge in [0, 0.05) is 6.04 Å². The van der Waals surface area contributed by atoms with Gasteiger partial charge in [0.2, 0.25) is 0 Å². The Morgan fingerprint density at radius 3 is 2.33 bits per heavy atom. The van der Waals surface area contributed by atoms with E-state index in [9.17, 15) is 0 Å². The Hall–Kier alpha value is -1.06. The highest BCUT2D eigenvalue weighted by atomic mass is 35.5. The summed E-state index contributed by atoms with van der Waals surface area (Å²) in [4.78, 5) is 0. The van der Waals surface area contributed by atoms with Gasteiger partial charge in [0.15, 0.2) is 0 Å². The molecule has 0 saturated heterocycles. The first kappa shape index (κ1) is 14.9. The molecule has 4 heteroatoms. The molecular formula is C17H18Cl2N2. The van der Waals surface area contributed by atoms with Crippen molar-refractivity contribution in [3.8, 4) is 0 Å². The number of hydrazine groups is 1. The zero-order valence-electron chi connectivity index (χ0n) is 11.7. The topological polar surface area (TPSA) is 38.0 Å². The first-order chi connectivity index (χ1) is 10.2. The Bertz CT molecular complexity index is 617. The molecule has 0 aromatic heterocycles. The van der Waals surface area contributed by atoms with Crippen LogP contribution in [0.25, 0.3) is 0 Å². The van der Waals surface area contributed by atoms with Crippen molar-refractivity contribution in [1.82, 2.24) is 5.43 Å². The van der Waals surface area contributed by atoms with Crippen LogP contribution in [0.5, 0.6) is 0 Å². The first-order valence-corrected chi connectivity index (χ1v) is 7.90. The third-order valence-corrected chi connectivity index (χ3v) is 5.20. The van der Waals surface area contributed by atoms with Gasteiger partial charge in [-0.2, -0.15) is 0 Å². The highest BCUT2D eigenvalue weighted by Crippen LogP contribution is 2.32. The molecule has 0 saturated carbocycles. The maximum absolute atomic E-state index is 6.29. The van der Waals surface area contributed by atoms with Gasteiger partial charge in [0.25, 0.3) is 0 Å². The van der Waals surface area contributed by atoms with Gasteiger partial charge in [-0.05, 0) is 47.9 Å². The molecule has 110 valence electrons. The lowest BCUT2D eigenvalue weighted by atomic mass is 9.91. The average Bonchev–Trinajstić information content (AvgIpc) is 2.92. The second-order valence-corrected chi connectivity index (χ2v) is 6.41. The highest BCUT2D eigenvalue weighted by molar-refractivity contribution is 6.42. The zero-order chi connectivity index (χ0) is 14.8. The van der Waals surface area contributed by atoms with Crippen LogP contribution in [0.3, 0.4) is 0 Å². The van der Waals surface area contributed by atoms with Gasteiger partial charge in [-0.15, -0.1) is 0 Å². The molecule has 2 nitrogen and oxygen atoms in total. The molecule has 21 heavy (non-hydrogen) atoms. The summed E-state index contributed by atoms with van der Waals surface area (Å²) in [5, 5.41) is 1.23. The van der Waals surface area contributed by atoms with E-state index >= 15 is 0 Å². The van der Waals surface area contributed by atoms with Gasteiger partial charge < -0.3 is 0 Å². The first-order valence-electron chi connectivity index (χ1n) is 7.15. The van der Waals surface area contributed by atoms with Crippen molar-refractivity contribution < 1.29 is 0 Å². The number of rotatable bonds is 4. The van der Waals surface area contributed by atoms with E-state index in [2.05, 4.69) is 29.7 Å². The van der Waals surface area contributed by atoms with Crippen molar-refractivity contribution in [2.24, 2.45) is 11.8 Å². The van der Waals surface area contributed by atoms with Crippen molar-refractivity contribution in [3.05, 3.63) is 69.2 Å². The molecule has 1 atom stereocenters. The van der Waals surface area contributed by atoms with Crippen LogP contribution in [0.1, 0.15) is 16.7 Å². The van der Waals surface area contributed by atoms with E-state index in [1.54, 1.807) is 0 Å². The molecule has 3 N–H and O–H groups in total. The second kappa shape index (κ2) is 6.37. The third kappa shape index (κ3) is 3.09. The van der Waals surface area contributed by atoms with Gasteiger partial charge >= 0.3 is 0 Å². The van der Waals surface area contributed by atoms with Crippen molar-refractivity contribution in [2.75, 3.05) is 0 Å². The Balaban J connectivity index is 1.77. The van der Waals surface area contributed by atoms with Gasteiger partial charge in [-0.1, -0.05) is 59.6 Å². The second-order valence-electron chi connectivity index (χ2n) is 5.63. The summed E-state index contributed by atoms with van der Waals surface area (Å²) in [6, 6.07) is 14.5. The van der Waals surface area contributed by atoms with Gasteiger partial charge in [0.05, 0.1) is 10.0 Å². The maximum Gasteiger partial charge on any atom is 0.0624 e. The van der Waals surface area contributed by atoms with E-state index < -0.39 is 0 Å². The van der Waals surface area contributed by atoms with Crippen LogP contribution < -0.4 is 11.3 Å². The quantitative estimate of drug-likeness (QED) is 0.664. The lowest BCUT2D eigenvalue weighted by Gasteiger charge is -2.23. The number of fused-ring (bicyclic) bond motifs is 1.